The van der Waals surface area contributed by atoms with Crippen molar-refractivity contribution in [2.24, 2.45) is 5.90 Å². The second-order valence-electron chi connectivity index (χ2n) is 2.81. The molecule has 0 fully saturated rings. The molecular weight excluding hydrogens is 211 g/mol. The van der Waals surface area contributed by atoms with Gasteiger partial charge >= 0.3 is 0 Å². The molecule has 0 saturated carbocycles. The van der Waals surface area contributed by atoms with Crippen LogP contribution in [0, 0.1) is 5.82 Å². The van der Waals surface area contributed by atoms with E-state index in [4.69, 9.17) is 10.6 Å². The zero-order chi connectivity index (χ0) is 11.4. The van der Waals surface area contributed by atoms with Crippen molar-refractivity contribution >= 4 is 0 Å². The highest BCUT2D eigenvalue weighted by atomic mass is 19.3. The van der Waals surface area contributed by atoms with Crippen LogP contribution >= 0.6 is 0 Å². The van der Waals surface area contributed by atoms with E-state index in [2.05, 4.69) is 4.84 Å². The van der Waals surface area contributed by atoms with Crippen LogP contribution in [-0.2, 0) is 11.4 Å². The van der Waals surface area contributed by atoms with E-state index < -0.39 is 17.8 Å². The molecule has 0 spiro atoms. The van der Waals surface area contributed by atoms with Gasteiger partial charge in [-0.3, -0.25) is 4.84 Å². The number of rotatable bonds is 4. The second-order valence-corrected chi connectivity index (χ2v) is 2.81. The summed E-state index contributed by atoms with van der Waals surface area (Å²) in [6.07, 6.45) is -2.75. The Morgan fingerprint density at radius 1 is 1.40 bits per heavy atom. The molecule has 0 atom stereocenters. The fourth-order valence-electron chi connectivity index (χ4n) is 1.23. The Bertz CT molecular complexity index is 344. The summed E-state index contributed by atoms with van der Waals surface area (Å²) in [5.74, 6) is 3.80. The van der Waals surface area contributed by atoms with Crippen molar-refractivity contribution in [3.63, 3.8) is 0 Å². The molecule has 0 radical (unpaired) electrons. The molecule has 0 aliphatic rings. The summed E-state index contributed by atoms with van der Waals surface area (Å²) < 4.78 is 42.6. The molecule has 0 aliphatic carbocycles. The first-order valence-electron chi connectivity index (χ1n) is 4.06. The molecule has 1 rings (SSSR count). The number of halogens is 3. The second kappa shape index (κ2) is 4.99. The van der Waals surface area contributed by atoms with Gasteiger partial charge in [-0.1, -0.05) is 0 Å². The summed E-state index contributed by atoms with van der Waals surface area (Å²) in [4.78, 5) is 4.27. The van der Waals surface area contributed by atoms with Gasteiger partial charge in [0, 0.05) is 11.1 Å². The smallest absolute Gasteiger partial charge is 0.263 e. The van der Waals surface area contributed by atoms with E-state index in [0.717, 1.165) is 12.1 Å². The minimum atomic E-state index is -2.75. The average molecular weight is 221 g/mol. The van der Waals surface area contributed by atoms with Crippen LogP contribution in [0.3, 0.4) is 0 Å². The lowest BCUT2D eigenvalue weighted by molar-refractivity contribution is 0.120. The highest BCUT2D eigenvalue weighted by molar-refractivity contribution is 5.38. The minimum absolute atomic E-state index is 0.134. The molecule has 6 heteroatoms. The lowest BCUT2D eigenvalue weighted by Crippen LogP contribution is -2.04. The quantitative estimate of drug-likeness (QED) is 0.792. The van der Waals surface area contributed by atoms with Crippen LogP contribution in [0.5, 0.6) is 5.75 Å². The van der Waals surface area contributed by atoms with E-state index >= 15 is 0 Å². The molecule has 15 heavy (non-hydrogen) atoms. The first-order valence-corrected chi connectivity index (χ1v) is 4.06. The van der Waals surface area contributed by atoms with Crippen molar-refractivity contribution in [1.82, 2.24) is 0 Å². The van der Waals surface area contributed by atoms with Gasteiger partial charge < -0.3 is 4.74 Å². The van der Waals surface area contributed by atoms with Crippen LogP contribution in [0.15, 0.2) is 12.1 Å². The molecular formula is C9H10F3NO2. The van der Waals surface area contributed by atoms with Gasteiger partial charge in [-0.05, 0) is 12.1 Å². The highest BCUT2D eigenvalue weighted by Crippen LogP contribution is 2.29. The average Bonchev–Trinajstić information content (AvgIpc) is 2.17. The third kappa shape index (κ3) is 2.60. The Morgan fingerprint density at radius 3 is 2.53 bits per heavy atom. The largest absolute Gasteiger partial charge is 0.493 e. The number of ether oxygens (including phenoxy) is 1. The van der Waals surface area contributed by atoms with E-state index in [0.29, 0.717) is 0 Å². The summed E-state index contributed by atoms with van der Waals surface area (Å²) in [6, 6.07) is 1.82. The topological polar surface area (TPSA) is 44.5 Å². The molecule has 0 heterocycles. The van der Waals surface area contributed by atoms with Gasteiger partial charge in [-0.25, -0.2) is 19.1 Å². The lowest BCUT2D eigenvalue weighted by atomic mass is 10.1. The zero-order valence-electron chi connectivity index (χ0n) is 7.97. The normalized spacial score (nSPS) is 10.8. The summed E-state index contributed by atoms with van der Waals surface area (Å²) in [7, 11) is 1.24. The Balaban J connectivity index is 3.19. The summed E-state index contributed by atoms with van der Waals surface area (Å²) >= 11 is 0. The maximum Gasteiger partial charge on any atom is 0.263 e. The fourth-order valence-corrected chi connectivity index (χ4v) is 1.23. The van der Waals surface area contributed by atoms with Crippen LogP contribution in [0.1, 0.15) is 17.6 Å². The number of benzene rings is 1. The summed E-state index contributed by atoms with van der Waals surface area (Å²) in [5.41, 5.74) is -0.282. The van der Waals surface area contributed by atoms with Crippen LogP contribution in [0.4, 0.5) is 13.2 Å². The molecule has 1 aromatic rings. The van der Waals surface area contributed by atoms with Crippen molar-refractivity contribution in [2.75, 3.05) is 7.11 Å². The molecule has 2 N–H and O–H groups in total. The standard InChI is InChI=1S/C9H10F3NO2/c1-14-8-6(4-15-13)2-5(9(11)12)3-7(8)10/h2-3,9H,4,13H2,1H3. The molecule has 84 valence electrons. The maximum absolute atomic E-state index is 13.2. The Morgan fingerprint density at radius 2 is 2.07 bits per heavy atom. The van der Waals surface area contributed by atoms with Gasteiger partial charge in [0.05, 0.1) is 13.7 Å². The highest BCUT2D eigenvalue weighted by Gasteiger charge is 2.16. The SMILES string of the molecule is COc1c(F)cc(C(F)F)cc1CON. The van der Waals surface area contributed by atoms with Gasteiger partial charge in [0.25, 0.3) is 6.43 Å². The first-order chi connectivity index (χ1) is 7.10. The van der Waals surface area contributed by atoms with E-state index in [-0.39, 0.29) is 17.9 Å². The van der Waals surface area contributed by atoms with Gasteiger partial charge in [0.2, 0.25) is 0 Å². The minimum Gasteiger partial charge on any atom is -0.493 e. The molecule has 0 aromatic heterocycles. The summed E-state index contributed by atoms with van der Waals surface area (Å²) in [6.45, 7) is -0.194. The van der Waals surface area contributed by atoms with Gasteiger partial charge in [0.1, 0.15) is 0 Å². The monoisotopic (exact) mass is 221 g/mol. The van der Waals surface area contributed by atoms with Gasteiger partial charge in [0.15, 0.2) is 11.6 Å². The molecule has 0 unspecified atom stereocenters. The number of methoxy groups -OCH3 is 1. The van der Waals surface area contributed by atoms with Crippen molar-refractivity contribution in [1.29, 1.82) is 0 Å². The number of nitrogens with two attached hydrogens (primary N) is 1. The molecule has 0 bridgehead atoms. The number of hydrogen-bond donors (Lipinski definition) is 1. The van der Waals surface area contributed by atoms with Crippen LogP contribution < -0.4 is 10.6 Å². The zero-order valence-corrected chi connectivity index (χ0v) is 7.97. The molecule has 0 amide bonds. The van der Waals surface area contributed by atoms with Crippen LogP contribution in [0.25, 0.3) is 0 Å². The molecule has 0 saturated heterocycles. The van der Waals surface area contributed by atoms with Gasteiger partial charge in [-0.2, -0.15) is 0 Å². The third-order valence-electron chi connectivity index (χ3n) is 1.84. The van der Waals surface area contributed by atoms with E-state index in [1.165, 1.54) is 7.11 Å². The third-order valence-corrected chi connectivity index (χ3v) is 1.84. The first kappa shape index (κ1) is 11.8. The molecule has 1 aromatic carbocycles. The Labute approximate surface area is 84.5 Å². The van der Waals surface area contributed by atoms with Crippen molar-refractivity contribution in [3.8, 4) is 5.75 Å². The number of hydrogen-bond acceptors (Lipinski definition) is 3. The Hall–Kier alpha value is -1.27. The van der Waals surface area contributed by atoms with E-state index in [1.54, 1.807) is 0 Å². The number of alkyl halides is 2. The molecule has 0 aliphatic heterocycles. The van der Waals surface area contributed by atoms with Crippen LogP contribution in [-0.4, -0.2) is 7.11 Å². The Kier molecular flexibility index (Phi) is 3.93. The van der Waals surface area contributed by atoms with Crippen molar-refractivity contribution < 1.29 is 22.7 Å². The van der Waals surface area contributed by atoms with E-state index in [1.807, 2.05) is 0 Å². The predicted octanol–water partition coefficient (Wildman–Crippen LogP) is 2.16. The van der Waals surface area contributed by atoms with Crippen molar-refractivity contribution in [2.45, 2.75) is 13.0 Å². The summed E-state index contributed by atoms with van der Waals surface area (Å²) in [5, 5.41) is 0. The van der Waals surface area contributed by atoms with Gasteiger partial charge in [-0.15, -0.1) is 0 Å². The van der Waals surface area contributed by atoms with Crippen LogP contribution in [0.2, 0.25) is 0 Å². The maximum atomic E-state index is 13.2. The molecule has 3 nitrogen and oxygen atoms in total. The van der Waals surface area contributed by atoms with Crippen molar-refractivity contribution in [3.05, 3.63) is 29.1 Å². The predicted molar refractivity (Wildman–Crippen MR) is 46.9 cm³/mol. The van der Waals surface area contributed by atoms with E-state index in [9.17, 15) is 13.2 Å². The lowest BCUT2D eigenvalue weighted by Gasteiger charge is -2.10. The fraction of sp³-hybridized carbons (Fsp3) is 0.333.